The van der Waals surface area contributed by atoms with Crippen molar-refractivity contribution in [1.82, 2.24) is 5.32 Å². The molecule has 0 spiro atoms. The van der Waals surface area contributed by atoms with E-state index in [-0.39, 0.29) is 18.4 Å². The summed E-state index contributed by atoms with van der Waals surface area (Å²) in [5.74, 6) is 0.205. The smallest absolute Gasteiger partial charge is 0.175 e. The van der Waals surface area contributed by atoms with E-state index in [0.717, 1.165) is 19.4 Å². The van der Waals surface area contributed by atoms with Crippen molar-refractivity contribution in [2.24, 2.45) is 0 Å². The van der Waals surface area contributed by atoms with Gasteiger partial charge in [-0.25, -0.2) is 0 Å². The number of carbonyl (C=O) groups is 1. The minimum absolute atomic E-state index is 0.0605. The largest absolute Gasteiger partial charge is 0.374 e. The van der Waals surface area contributed by atoms with Gasteiger partial charge >= 0.3 is 0 Å². The van der Waals surface area contributed by atoms with Crippen molar-refractivity contribution in [1.29, 1.82) is 0 Å². The van der Waals surface area contributed by atoms with Crippen LogP contribution in [-0.4, -0.2) is 31.6 Å². The number of ketones is 1. The van der Waals surface area contributed by atoms with Crippen LogP contribution in [0, 0.1) is 0 Å². The maximum Gasteiger partial charge on any atom is 0.175 e. The first kappa shape index (κ1) is 9.68. The number of piperidine rings is 1. The van der Waals surface area contributed by atoms with Crippen LogP contribution in [0.15, 0.2) is 0 Å². The first-order valence-electron chi connectivity index (χ1n) is 4.68. The number of carbonyl (C=O) groups excluding carboxylic acids is 1. The van der Waals surface area contributed by atoms with Crippen molar-refractivity contribution in [2.45, 2.75) is 32.2 Å². The molecule has 12 heavy (non-hydrogen) atoms. The molecule has 0 aromatic carbocycles. The van der Waals surface area contributed by atoms with E-state index in [1.54, 1.807) is 0 Å². The summed E-state index contributed by atoms with van der Waals surface area (Å²) in [5.41, 5.74) is 0. The van der Waals surface area contributed by atoms with E-state index in [4.69, 9.17) is 4.74 Å². The Morgan fingerprint density at radius 1 is 1.58 bits per heavy atom. The molecule has 1 rings (SSSR count). The fraction of sp³-hybridized carbons (Fsp3) is 0.889. The van der Waals surface area contributed by atoms with Crippen LogP contribution in [0.2, 0.25) is 0 Å². The molecule has 3 nitrogen and oxygen atoms in total. The summed E-state index contributed by atoms with van der Waals surface area (Å²) >= 11 is 0. The molecule has 3 heteroatoms. The molecular weight excluding hydrogens is 154 g/mol. The molecule has 0 saturated carbocycles. The van der Waals surface area contributed by atoms with Gasteiger partial charge in [-0.3, -0.25) is 4.79 Å². The average molecular weight is 171 g/mol. The molecule has 0 aromatic rings. The van der Waals surface area contributed by atoms with Crippen molar-refractivity contribution in [3.05, 3.63) is 0 Å². The highest BCUT2D eigenvalue weighted by Gasteiger charge is 2.19. The first-order valence-corrected chi connectivity index (χ1v) is 4.68. The molecule has 1 unspecified atom stereocenters. The predicted molar refractivity (Wildman–Crippen MR) is 47.1 cm³/mol. The van der Waals surface area contributed by atoms with Crippen LogP contribution in [-0.2, 0) is 9.53 Å². The third kappa shape index (κ3) is 2.91. The molecule has 70 valence electrons. The van der Waals surface area contributed by atoms with Crippen LogP contribution in [0.4, 0.5) is 0 Å². The van der Waals surface area contributed by atoms with Crippen LogP contribution in [0.5, 0.6) is 0 Å². The monoisotopic (exact) mass is 171 g/mol. The van der Waals surface area contributed by atoms with Gasteiger partial charge in [-0.15, -0.1) is 0 Å². The van der Waals surface area contributed by atoms with Crippen molar-refractivity contribution in [3.8, 4) is 0 Å². The van der Waals surface area contributed by atoms with Gasteiger partial charge < -0.3 is 10.1 Å². The third-order valence-corrected chi connectivity index (χ3v) is 2.15. The van der Waals surface area contributed by atoms with Gasteiger partial charge in [0, 0.05) is 6.61 Å². The zero-order chi connectivity index (χ0) is 8.81. The molecule has 1 heterocycles. The third-order valence-electron chi connectivity index (χ3n) is 2.15. The molecule has 1 fully saturated rings. The summed E-state index contributed by atoms with van der Waals surface area (Å²) < 4.78 is 5.06. The predicted octanol–water partition coefficient (Wildman–Crippen LogP) is 0.734. The Hall–Kier alpha value is -0.410. The summed E-state index contributed by atoms with van der Waals surface area (Å²) in [4.78, 5) is 11.4. The quantitative estimate of drug-likeness (QED) is 0.677. The summed E-state index contributed by atoms with van der Waals surface area (Å²) in [6.45, 7) is 3.77. The summed E-state index contributed by atoms with van der Waals surface area (Å²) in [6.07, 6.45) is 3.33. The molecule has 1 saturated heterocycles. The molecule has 1 atom stereocenters. The van der Waals surface area contributed by atoms with Gasteiger partial charge in [0.25, 0.3) is 0 Å². The Kier molecular flexibility index (Phi) is 4.25. The highest BCUT2D eigenvalue weighted by atomic mass is 16.5. The normalized spacial score (nSPS) is 23.9. The maximum atomic E-state index is 11.4. The Balaban J connectivity index is 2.20. The fourth-order valence-corrected chi connectivity index (χ4v) is 1.43. The number of rotatable bonds is 4. The van der Waals surface area contributed by atoms with Gasteiger partial charge in [0.1, 0.15) is 6.61 Å². The lowest BCUT2D eigenvalue weighted by molar-refractivity contribution is -0.126. The second-order valence-electron chi connectivity index (χ2n) is 3.11. The summed E-state index contributed by atoms with van der Waals surface area (Å²) in [7, 11) is 0. The second-order valence-corrected chi connectivity index (χ2v) is 3.11. The number of nitrogens with one attached hydrogen (secondary N) is 1. The molecule has 0 amide bonds. The van der Waals surface area contributed by atoms with E-state index in [0.29, 0.717) is 6.61 Å². The summed E-state index contributed by atoms with van der Waals surface area (Å²) in [6, 6.07) is 0.0605. The molecule has 0 aromatic heterocycles. The highest BCUT2D eigenvalue weighted by Crippen LogP contribution is 2.07. The Morgan fingerprint density at radius 2 is 2.42 bits per heavy atom. The van der Waals surface area contributed by atoms with E-state index in [1.165, 1.54) is 6.42 Å². The van der Waals surface area contributed by atoms with E-state index >= 15 is 0 Å². The Labute approximate surface area is 73.5 Å². The molecule has 1 aliphatic rings. The van der Waals surface area contributed by atoms with Gasteiger partial charge in [-0.1, -0.05) is 6.42 Å². The van der Waals surface area contributed by atoms with Crippen LogP contribution in [0.1, 0.15) is 26.2 Å². The Bertz CT molecular complexity index is 141. The zero-order valence-electron chi connectivity index (χ0n) is 7.64. The van der Waals surface area contributed by atoms with E-state index < -0.39 is 0 Å². The lowest BCUT2D eigenvalue weighted by atomic mass is 10.0. The SMILES string of the molecule is CCOCC(=O)C1CCCCN1. The van der Waals surface area contributed by atoms with Gasteiger partial charge in [0.15, 0.2) is 5.78 Å². The van der Waals surface area contributed by atoms with E-state index in [2.05, 4.69) is 5.32 Å². The minimum Gasteiger partial charge on any atom is -0.374 e. The number of ether oxygens (including phenoxy) is 1. The van der Waals surface area contributed by atoms with Crippen LogP contribution >= 0.6 is 0 Å². The second kappa shape index (κ2) is 5.27. The van der Waals surface area contributed by atoms with Gasteiger partial charge in [0.05, 0.1) is 6.04 Å². The average Bonchev–Trinajstić information content (AvgIpc) is 2.15. The number of Topliss-reactive ketones (excluding diaryl/α,β-unsaturated/α-hetero) is 1. The lowest BCUT2D eigenvalue weighted by Crippen LogP contribution is -2.42. The number of hydrogen-bond donors (Lipinski definition) is 1. The molecule has 1 aliphatic heterocycles. The molecule has 1 N–H and O–H groups in total. The molecule has 0 radical (unpaired) electrons. The highest BCUT2D eigenvalue weighted by molar-refractivity contribution is 5.85. The number of hydrogen-bond acceptors (Lipinski definition) is 3. The summed E-state index contributed by atoms with van der Waals surface area (Å²) in [5, 5.41) is 3.20. The zero-order valence-corrected chi connectivity index (χ0v) is 7.64. The van der Waals surface area contributed by atoms with Gasteiger partial charge in [-0.05, 0) is 26.3 Å². The van der Waals surface area contributed by atoms with Gasteiger partial charge in [-0.2, -0.15) is 0 Å². The van der Waals surface area contributed by atoms with Crippen molar-refractivity contribution in [3.63, 3.8) is 0 Å². The lowest BCUT2D eigenvalue weighted by Gasteiger charge is -2.21. The topological polar surface area (TPSA) is 38.3 Å². The van der Waals surface area contributed by atoms with E-state index in [9.17, 15) is 4.79 Å². The molecule has 0 aliphatic carbocycles. The van der Waals surface area contributed by atoms with Crippen LogP contribution in [0.3, 0.4) is 0 Å². The molecular formula is C9H17NO2. The molecule has 0 bridgehead atoms. The van der Waals surface area contributed by atoms with Crippen molar-refractivity contribution in [2.75, 3.05) is 19.8 Å². The first-order chi connectivity index (χ1) is 5.84. The Morgan fingerprint density at radius 3 is 3.00 bits per heavy atom. The van der Waals surface area contributed by atoms with Crippen molar-refractivity contribution < 1.29 is 9.53 Å². The van der Waals surface area contributed by atoms with Gasteiger partial charge in [0.2, 0.25) is 0 Å². The minimum atomic E-state index is 0.0605. The fourth-order valence-electron chi connectivity index (χ4n) is 1.43. The maximum absolute atomic E-state index is 11.4. The van der Waals surface area contributed by atoms with Crippen LogP contribution in [0.25, 0.3) is 0 Å². The van der Waals surface area contributed by atoms with Crippen LogP contribution < -0.4 is 5.32 Å². The standard InChI is InChI=1S/C9H17NO2/c1-2-12-7-9(11)8-5-3-4-6-10-8/h8,10H,2-7H2,1H3. The van der Waals surface area contributed by atoms with E-state index in [1.807, 2.05) is 6.92 Å². The van der Waals surface area contributed by atoms with Crippen molar-refractivity contribution >= 4 is 5.78 Å².